The summed E-state index contributed by atoms with van der Waals surface area (Å²) in [4.78, 5) is 16.5. The number of hydrogen-bond donors (Lipinski definition) is 2. The predicted octanol–water partition coefficient (Wildman–Crippen LogP) is 5.16. The predicted molar refractivity (Wildman–Crippen MR) is 105 cm³/mol. The number of H-pyrrole nitrogens is 1. The van der Waals surface area contributed by atoms with Gasteiger partial charge in [0.05, 0.1) is 5.52 Å². The van der Waals surface area contributed by atoms with E-state index in [-0.39, 0.29) is 18.9 Å². The summed E-state index contributed by atoms with van der Waals surface area (Å²) < 4.78 is 26.6. The van der Waals surface area contributed by atoms with Gasteiger partial charge in [0.2, 0.25) is 11.9 Å². The standard InChI is InChI=1S/C21H19F2N5/c22-21(23)7-5-15(6-8-21)27-20-26-12-17-16(11-25-19(17)28-20)13-3-4-18-14(10-13)2-1-9-24-18/h1-4,9-12,15H,5-8H2,(H2,25,26,27,28). The largest absolute Gasteiger partial charge is 0.351 e. The molecule has 1 aliphatic rings. The monoisotopic (exact) mass is 379 g/mol. The molecule has 1 saturated carbocycles. The third kappa shape index (κ3) is 3.17. The van der Waals surface area contributed by atoms with E-state index in [0.29, 0.717) is 18.8 Å². The van der Waals surface area contributed by atoms with Crippen LogP contribution in [0.15, 0.2) is 48.9 Å². The first-order chi connectivity index (χ1) is 13.6. The number of nitrogens with zero attached hydrogens (tertiary/aromatic N) is 3. The van der Waals surface area contributed by atoms with Crippen LogP contribution < -0.4 is 5.32 Å². The van der Waals surface area contributed by atoms with E-state index >= 15 is 0 Å². The smallest absolute Gasteiger partial charge is 0.248 e. The second-order valence-electron chi connectivity index (χ2n) is 7.34. The fourth-order valence-electron chi connectivity index (χ4n) is 3.83. The first-order valence-corrected chi connectivity index (χ1v) is 9.41. The van der Waals surface area contributed by atoms with Crippen molar-refractivity contribution in [2.75, 3.05) is 5.32 Å². The van der Waals surface area contributed by atoms with Crippen LogP contribution in [0.25, 0.3) is 33.1 Å². The first kappa shape index (κ1) is 17.0. The molecule has 0 atom stereocenters. The van der Waals surface area contributed by atoms with Crippen LogP contribution in [0.4, 0.5) is 14.7 Å². The Morgan fingerprint density at radius 2 is 1.96 bits per heavy atom. The topological polar surface area (TPSA) is 66.5 Å². The summed E-state index contributed by atoms with van der Waals surface area (Å²) >= 11 is 0. The molecule has 0 saturated heterocycles. The Morgan fingerprint density at radius 3 is 2.82 bits per heavy atom. The molecule has 2 N–H and O–H groups in total. The summed E-state index contributed by atoms with van der Waals surface area (Å²) in [6.07, 6.45) is 6.16. The first-order valence-electron chi connectivity index (χ1n) is 9.41. The van der Waals surface area contributed by atoms with E-state index in [2.05, 4.69) is 31.3 Å². The van der Waals surface area contributed by atoms with Crippen LogP contribution in [-0.4, -0.2) is 31.9 Å². The number of hydrogen-bond acceptors (Lipinski definition) is 4. The average molecular weight is 379 g/mol. The van der Waals surface area contributed by atoms with Crippen LogP contribution >= 0.6 is 0 Å². The molecular formula is C21H19F2N5. The highest BCUT2D eigenvalue weighted by atomic mass is 19.3. The Kier molecular flexibility index (Phi) is 3.96. The highest BCUT2D eigenvalue weighted by molar-refractivity contribution is 5.96. The second kappa shape index (κ2) is 6.51. The van der Waals surface area contributed by atoms with Crippen molar-refractivity contribution in [3.63, 3.8) is 0 Å². The minimum atomic E-state index is -2.53. The molecule has 0 radical (unpaired) electrons. The number of halogens is 2. The molecule has 3 heterocycles. The van der Waals surface area contributed by atoms with Gasteiger partial charge in [0.25, 0.3) is 0 Å². The van der Waals surface area contributed by atoms with Crippen molar-refractivity contribution in [2.45, 2.75) is 37.6 Å². The molecule has 4 aromatic rings. The fourth-order valence-corrected chi connectivity index (χ4v) is 3.83. The van der Waals surface area contributed by atoms with Crippen LogP contribution in [0.5, 0.6) is 0 Å². The number of alkyl halides is 2. The molecule has 1 aliphatic carbocycles. The lowest BCUT2D eigenvalue weighted by atomic mass is 9.92. The summed E-state index contributed by atoms with van der Waals surface area (Å²) in [5, 5.41) is 5.19. The molecule has 1 aromatic carbocycles. The van der Waals surface area contributed by atoms with Gasteiger partial charge in [-0.25, -0.2) is 13.8 Å². The Labute approximate surface area is 160 Å². The Bertz CT molecular complexity index is 1140. The zero-order valence-electron chi connectivity index (χ0n) is 15.1. The highest BCUT2D eigenvalue weighted by Gasteiger charge is 2.35. The number of aromatic nitrogens is 4. The van der Waals surface area contributed by atoms with E-state index in [1.807, 2.05) is 30.5 Å². The summed E-state index contributed by atoms with van der Waals surface area (Å²) in [6.45, 7) is 0. The molecule has 5 nitrogen and oxygen atoms in total. The van der Waals surface area contributed by atoms with Gasteiger partial charge in [0, 0.05) is 53.8 Å². The number of aromatic amines is 1. The van der Waals surface area contributed by atoms with Crippen molar-refractivity contribution in [3.8, 4) is 11.1 Å². The van der Waals surface area contributed by atoms with Gasteiger partial charge in [-0.15, -0.1) is 0 Å². The van der Waals surface area contributed by atoms with Crippen molar-refractivity contribution in [2.24, 2.45) is 0 Å². The van der Waals surface area contributed by atoms with Crippen LogP contribution in [0.1, 0.15) is 25.7 Å². The average Bonchev–Trinajstić information content (AvgIpc) is 3.12. The molecule has 3 aromatic heterocycles. The minimum absolute atomic E-state index is 0.0144. The van der Waals surface area contributed by atoms with Gasteiger partial charge in [-0.2, -0.15) is 4.98 Å². The Hall–Kier alpha value is -3.09. The molecule has 0 bridgehead atoms. The summed E-state index contributed by atoms with van der Waals surface area (Å²) in [6, 6.07) is 10.1. The molecule has 1 fully saturated rings. The lowest BCUT2D eigenvalue weighted by Gasteiger charge is -2.28. The number of anilines is 1. The molecule has 142 valence electrons. The van der Waals surface area contributed by atoms with E-state index in [1.165, 1.54) is 0 Å². The lowest BCUT2D eigenvalue weighted by Crippen LogP contribution is -2.32. The van der Waals surface area contributed by atoms with Crippen molar-refractivity contribution in [1.82, 2.24) is 19.9 Å². The Morgan fingerprint density at radius 1 is 1.11 bits per heavy atom. The lowest BCUT2D eigenvalue weighted by molar-refractivity contribution is -0.0361. The van der Waals surface area contributed by atoms with Crippen molar-refractivity contribution in [3.05, 3.63) is 48.9 Å². The van der Waals surface area contributed by atoms with E-state index in [9.17, 15) is 8.78 Å². The molecule has 7 heteroatoms. The van der Waals surface area contributed by atoms with E-state index < -0.39 is 5.92 Å². The zero-order chi connectivity index (χ0) is 19.1. The van der Waals surface area contributed by atoms with Crippen LogP contribution in [0.3, 0.4) is 0 Å². The van der Waals surface area contributed by atoms with Gasteiger partial charge in [-0.1, -0.05) is 12.1 Å². The molecule has 0 unspecified atom stereocenters. The van der Waals surface area contributed by atoms with Crippen molar-refractivity contribution < 1.29 is 8.78 Å². The number of nitrogens with one attached hydrogen (secondary N) is 2. The zero-order valence-corrected chi connectivity index (χ0v) is 15.1. The third-order valence-electron chi connectivity index (χ3n) is 5.40. The number of fused-ring (bicyclic) bond motifs is 2. The molecule has 0 spiro atoms. The van der Waals surface area contributed by atoms with Gasteiger partial charge in [0.1, 0.15) is 5.65 Å². The van der Waals surface area contributed by atoms with Gasteiger partial charge >= 0.3 is 0 Å². The normalized spacial score (nSPS) is 17.2. The minimum Gasteiger partial charge on any atom is -0.351 e. The summed E-state index contributed by atoms with van der Waals surface area (Å²) in [7, 11) is 0. The number of rotatable bonds is 3. The summed E-state index contributed by atoms with van der Waals surface area (Å²) in [5.41, 5.74) is 3.75. The quantitative estimate of drug-likeness (QED) is 0.516. The van der Waals surface area contributed by atoms with Crippen LogP contribution in [0.2, 0.25) is 0 Å². The maximum Gasteiger partial charge on any atom is 0.248 e. The van der Waals surface area contributed by atoms with Gasteiger partial charge in [0.15, 0.2) is 0 Å². The number of pyridine rings is 1. The van der Waals surface area contributed by atoms with E-state index in [4.69, 9.17) is 0 Å². The summed E-state index contributed by atoms with van der Waals surface area (Å²) in [5.74, 6) is -2.06. The van der Waals surface area contributed by atoms with Gasteiger partial charge in [-0.3, -0.25) is 4.98 Å². The van der Waals surface area contributed by atoms with E-state index in [0.717, 1.165) is 33.1 Å². The molecular weight excluding hydrogens is 360 g/mol. The van der Waals surface area contributed by atoms with Gasteiger partial charge in [-0.05, 0) is 36.6 Å². The molecule has 5 rings (SSSR count). The second-order valence-corrected chi connectivity index (χ2v) is 7.34. The number of benzene rings is 1. The fraction of sp³-hybridized carbons (Fsp3) is 0.286. The Balaban J connectivity index is 1.41. The molecule has 28 heavy (non-hydrogen) atoms. The van der Waals surface area contributed by atoms with Crippen LogP contribution in [-0.2, 0) is 0 Å². The third-order valence-corrected chi connectivity index (χ3v) is 5.40. The maximum atomic E-state index is 13.3. The molecule has 0 amide bonds. The highest BCUT2D eigenvalue weighted by Crippen LogP contribution is 2.34. The van der Waals surface area contributed by atoms with Gasteiger partial charge < -0.3 is 10.3 Å². The SMILES string of the molecule is FC1(F)CCC(Nc2ncc3c(-c4ccc5ncccc5c4)c[nH]c3n2)CC1. The maximum absolute atomic E-state index is 13.3. The molecule has 0 aliphatic heterocycles. The van der Waals surface area contributed by atoms with E-state index in [1.54, 1.807) is 12.4 Å². The van der Waals surface area contributed by atoms with Crippen molar-refractivity contribution in [1.29, 1.82) is 0 Å². The van der Waals surface area contributed by atoms with Crippen molar-refractivity contribution >= 4 is 27.9 Å². The van der Waals surface area contributed by atoms with Crippen LogP contribution in [0, 0.1) is 0 Å².